The molecule has 4 N–H and O–H groups in total. The van der Waals surface area contributed by atoms with Gasteiger partial charge in [-0.2, -0.15) is 0 Å². The maximum atomic E-state index is 13.2. The molecule has 3 amide bonds. The molecule has 0 aliphatic carbocycles. The Kier molecular flexibility index (Phi) is 10.7. The highest BCUT2D eigenvalue weighted by atomic mass is 16.6. The van der Waals surface area contributed by atoms with E-state index in [0.717, 1.165) is 0 Å². The molecule has 0 saturated carbocycles. The van der Waals surface area contributed by atoms with E-state index in [9.17, 15) is 33.9 Å². The van der Waals surface area contributed by atoms with Crippen molar-refractivity contribution < 1.29 is 43.3 Å². The van der Waals surface area contributed by atoms with Crippen LogP contribution >= 0.6 is 0 Å². The third-order valence-corrected chi connectivity index (χ3v) is 5.99. The van der Waals surface area contributed by atoms with Gasteiger partial charge in [-0.3, -0.25) is 25.2 Å². The van der Waals surface area contributed by atoms with Gasteiger partial charge in [-0.1, -0.05) is 49.2 Å². The zero-order chi connectivity index (χ0) is 31.7. The number of hydrogen-bond acceptors (Lipinski definition) is 8. The van der Waals surface area contributed by atoms with E-state index in [1.807, 2.05) is 5.43 Å². The summed E-state index contributed by atoms with van der Waals surface area (Å²) in [6, 6.07) is 18.0. The van der Waals surface area contributed by atoms with Gasteiger partial charge in [0.25, 0.3) is 11.8 Å². The number of amides is 3. The van der Waals surface area contributed by atoms with E-state index in [0.29, 0.717) is 16.8 Å². The first kappa shape index (κ1) is 32.0. The number of ether oxygens (including phenoxy) is 2. The van der Waals surface area contributed by atoms with E-state index < -0.39 is 41.9 Å². The Morgan fingerprint density at radius 1 is 0.651 bits per heavy atom. The van der Waals surface area contributed by atoms with E-state index in [2.05, 4.69) is 10.7 Å². The van der Waals surface area contributed by atoms with Gasteiger partial charge in [0.2, 0.25) is 18.1 Å². The average molecular weight is 590 g/mol. The molecule has 0 aromatic heterocycles. The van der Waals surface area contributed by atoms with Crippen molar-refractivity contribution in [1.29, 1.82) is 0 Å². The molecule has 0 radical (unpaired) electrons. The maximum Gasteiger partial charge on any atom is 0.349 e. The lowest BCUT2D eigenvalue weighted by Crippen LogP contribution is -2.54. The minimum atomic E-state index is -2.28. The van der Waals surface area contributed by atoms with Crippen molar-refractivity contribution >= 4 is 41.3 Å². The zero-order valence-corrected chi connectivity index (χ0v) is 23.9. The monoisotopic (exact) mass is 589 g/mol. The highest BCUT2D eigenvalue weighted by molar-refractivity contribution is 5.99. The van der Waals surface area contributed by atoms with Gasteiger partial charge < -0.3 is 19.9 Å². The fourth-order valence-electron chi connectivity index (χ4n) is 3.66. The van der Waals surface area contributed by atoms with Gasteiger partial charge in [-0.15, -0.1) is 0 Å². The molecule has 3 aromatic rings. The number of hydrogen-bond donors (Lipinski definition) is 4. The van der Waals surface area contributed by atoms with E-state index >= 15 is 0 Å². The second-order valence-corrected chi connectivity index (χ2v) is 9.89. The number of carbonyl (C=O) groups is 6. The molecule has 12 heteroatoms. The number of aryl methyl sites for hydroxylation is 2. The number of esters is 2. The number of benzene rings is 3. The Morgan fingerprint density at radius 2 is 1.16 bits per heavy atom. The summed E-state index contributed by atoms with van der Waals surface area (Å²) in [5.41, 5.74) is 6.08. The van der Waals surface area contributed by atoms with Gasteiger partial charge in [0.1, 0.15) is 0 Å². The van der Waals surface area contributed by atoms with E-state index in [1.165, 1.54) is 48.5 Å². The summed E-state index contributed by atoms with van der Waals surface area (Å²) >= 11 is 0. The van der Waals surface area contributed by atoms with Crippen molar-refractivity contribution in [3.63, 3.8) is 0 Å². The second-order valence-electron chi connectivity index (χ2n) is 9.89. The quantitative estimate of drug-likeness (QED) is 0.204. The van der Waals surface area contributed by atoms with Crippen LogP contribution in [0.15, 0.2) is 72.8 Å². The van der Waals surface area contributed by atoms with Gasteiger partial charge >= 0.3 is 17.9 Å². The molecule has 0 heterocycles. The first-order valence-electron chi connectivity index (χ1n) is 13.1. The lowest BCUT2D eigenvalue weighted by Gasteiger charge is -2.23. The maximum absolute atomic E-state index is 13.2. The standard InChI is InChI=1S/C31H31N3O9/c1-17(2)26(35)32-23-13-11-20(12-14-23)27(36)33-34-28(37)24(42-30(40)21-9-5-7-18(3)15-21)25(29(38)39)43-31(41)22-10-6-8-19(4)16-22/h5-17,24-25H,1-4H3,(H,32,35)(H,33,36)(H,34,37)(H,38,39)/t24-,25+/m1/s1. The molecule has 0 aliphatic rings. The van der Waals surface area contributed by atoms with Crippen molar-refractivity contribution in [2.75, 3.05) is 5.32 Å². The summed E-state index contributed by atoms with van der Waals surface area (Å²) in [4.78, 5) is 75.6. The first-order valence-corrected chi connectivity index (χ1v) is 13.1. The van der Waals surface area contributed by atoms with Crippen molar-refractivity contribution in [2.45, 2.75) is 39.9 Å². The molecule has 12 nitrogen and oxygen atoms in total. The Hall–Kier alpha value is -5.52. The van der Waals surface area contributed by atoms with Crippen molar-refractivity contribution in [3.05, 3.63) is 101 Å². The van der Waals surface area contributed by atoms with Crippen LogP contribution in [-0.4, -0.2) is 52.9 Å². The summed E-state index contributed by atoms with van der Waals surface area (Å²) < 4.78 is 10.4. The van der Waals surface area contributed by atoms with Crippen LogP contribution in [-0.2, 0) is 23.9 Å². The number of anilines is 1. The van der Waals surface area contributed by atoms with Crippen LogP contribution in [0.2, 0.25) is 0 Å². The number of hydrazine groups is 1. The van der Waals surface area contributed by atoms with E-state index in [-0.39, 0.29) is 28.5 Å². The van der Waals surface area contributed by atoms with Crippen LogP contribution in [0, 0.1) is 19.8 Å². The lowest BCUT2D eigenvalue weighted by molar-refractivity contribution is -0.159. The van der Waals surface area contributed by atoms with Crippen LogP contribution in [0.1, 0.15) is 56.0 Å². The smallest absolute Gasteiger partial charge is 0.349 e. The molecule has 0 spiro atoms. The Morgan fingerprint density at radius 3 is 1.63 bits per heavy atom. The third kappa shape index (κ3) is 8.98. The molecule has 3 aromatic carbocycles. The summed E-state index contributed by atoms with van der Waals surface area (Å²) in [5, 5.41) is 12.6. The molecule has 0 fully saturated rings. The molecule has 0 saturated heterocycles. The van der Waals surface area contributed by atoms with Crippen LogP contribution in [0.25, 0.3) is 0 Å². The fraction of sp³-hybridized carbons (Fsp3) is 0.226. The van der Waals surface area contributed by atoms with Gasteiger partial charge in [-0.05, 0) is 62.4 Å². The third-order valence-electron chi connectivity index (χ3n) is 5.99. The lowest BCUT2D eigenvalue weighted by atomic mass is 10.1. The molecule has 2 atom stereocenters. The number of carbonyl (C=O) groups excluding carboxylic acids is 5. The first-order chi connectivity index (χ1) is 20.3. The second kappa shape index (κ2) is 14.4. The van der Waals surface area contributed by atoms with Gasteiger partial charge in [-0.25, -0.2) is 14.4 Å². The van der Waals surface area contributed by atoms with Crippen molar-refractivity contribution in [2.24, 2.45) is 5.92 Å². The number of rotatable bonds is 10. The fourth-order valence-corrected chi connectivity index (χ4v) is 3.66. The molecule has 3 rings (SSSR count). The zero-order valence-electron chi connectivity index (χ0n) is 23.9. The predicted octanol–water partition coefficient (Wildman–Crippen LogP) is 3.19. The van der Waals surface area contributed by atoms with Gasteiger partial charge in [0.05, 0.1) is 11.1 Å². The summed E-state index contributed by atoms with van der Waals surface area (Å²) in [5.74, 6) is -6.46. The summed E-state index contributed by atoms with van der Waals surface area (Å²) in [6.07, 6.45) is -4.48. The van der Waals surface area contributed by atoms with Crippen LogP contribution in [0.4, 0.5) is 5.69 Å². The van der Waals surface area contributed by atoms with E-state index in [4.69, 9.17) is 9.47 Å². The molecular weight excluding hydrogens is 558 g/mol. The van der Waals surface area contributed by atoms with E-state index in [1.54, 1.807) is 52.0 Å². The molecule has 0 unspecified atom stereocenters. The topological polar surface area (TPSA) is 177 Å². The van der Waals surface area contributed by atoms with Crippen LogP contribution < -0.4 is 16.2 Å². The van der Waals surface area contributed by atoms with Crippen molar-refractivity contribution in [1.82, 2.24) is 10.9 Å². The number of carboxylic acid groups (broad SMARTS) is 1. The molecule has 224 valence electrons. The Balaban J connectivity index is 1.80. The highest BCUT2D eigenvalue weighted by Gasteiger charge is 2.41. The summed E-state index contributed by atoms with van der Waals surface area (Å²) in [6.45, 7) is 6.88. The van der Waals surface area contributed by atoms with Crippen LogP contribution in [0.3, 0.4) is 0 Å². The molecular formula is C31H31N3O9. The molecule has 0 bridgehead atoms. The number of nitrogens with one attached hydrogen (secondary N) is 3. The highest BCUT2D eigenvalue weighted by Crippen LogP contribution is 2.15. The van der Waals surface area contributed by atoms with Crippen molar-refractivity contribution in [3.8, 4) is 0 Å². The normalized spacial score (nSPS) is 11.9. The minimum Gasteiger partial charge on any atom is -0.478 e. The number of carboxylic acids is 1. The number of aliphatic carboxylic acids is 1. The molecule has 43 heavy (non-hydrogen) atoms. The van der Waals surface area contributed by atoms with Gasteiger partial charge in [0.15, 0.2) is 0 Å². The Labute approximate surface area is 247 Å². The van der Waals surface area contributed by atoms with Gasteiger partial charge in [0, 0.05) is 17.2 Å². The largest absolute Gasteiger partial charge is 0.478 e. The molecule has 0 aliphatic heterocycles. The Bertz CT molecular complexity index is 1530. The SMILES string of the molecule is Cc1cccc(C(=O)O[C@H](C(=O)O)[C@@H](OC(=O)c2cccc(C)c2)C(=O)NNC(=O)c2ccc(NC(=O)C(C)C)cc2)c1. The van der Waals surface area contributed by atoms with Crippen LogP contribution in [0.5, 0.6) is 0 Å². The minimum absolute atomic E-state index is 0.0109. The predicted molar refractivity (Wildman–Crippen MR) is 154 cm³/mol. The average Bonchev–Trinajstić information content (AvgIpc) is 2.97. The summed E-state index contributed by atoms with van der Waals surface area (Å²) in [7, 11) is 0.